The van der Waals surface area contributed by atoms with Gasteiger partial charge < -0.3 is 10.2 Å². The Morgan fingerprint density at radius 1 is 1.29 bits per heavy atom. The van der Waals surface area contributed by atoms with Crippen molar-refractivity contribution in [3.63, 3.8) is 0 Å². The number of nitrogens with one attached hydrogen (secondary N) is 1. The maximum Gasteiger partial charge on any atom is 0.258 e. The largest absolute Gasteiger partial charge is 0.354 e. The van der Waals surface area contributed by atoms with E-state index in [-0.39, 0.29) is 0 Å². The summed E-state index contributed by atoms with van der Waals surface area (Å²) in [5.74, 6) is 2.43. The summed E-state index contributed by atoms with van der Waals surface area (Å²) in [4.78, 5) is 19.6. The zero-order valence-electron chi connectivity index (χ0n) is 12.4. The first kappa shape index (κ1) is 13.7. The predicted molar refractivity (Wildman–Crippen MR) is 79.5 cm³/mol. The second kappa shape index (κ2) is 6.02. The van der Waals surface area contributed by atoms with Crippen LogP contribution in [0.5, 0.6) is 0 Å². The highest BCUT2D eigenvalue weighted by atomic mass is 15.4. The van der Waals surface area contributed by atoms with Crippen LogP contribution in [0, 0.1) is 5.92 Å². The summed E-state index contributed by atoms with van der Waals surface area (Å²) < 4.78 is 1.55. The summed E-state index contributed by atoms with van der Waals surface area (Å²) in [6, 6.07) is 0. The van der Waals surface area contributed by atoms with Crippen molar-refractivity contribution in [2.24, 2.45) is 5.92 Å². The minimum absolute atomic E-state index is 0.492. The molecule has 8 nitrogen and oxygen atoms in total. The number of aromatic nitrogens is 6. The van der Waals surface area contributed by atoms with E-state index in [0.717, 1.165) is 19.6 Å². The smallest absolute Gasteiger partial charge is 0.258 e. The van der Waals surface area contributed by atoms with Crippen LogP contribution in [0.4, 0.5) is 11.9 Å². The monoisotopic (exact) mass is 288 g/mol. The third kappa shape index (κ3) is 3.09. The lowest BCUT2D eigenvalue weighted by Crippen LogP contribution is -2.36. The number of nitrogens with zero attached hydrogens (tertiary/aromatic N) is 7. The van der Waals surface area contributed by atoms with Crippen molar-refractivity contribution >= 4 is 11.9 Å². The van der Waals surface area contributed by atoms with Crippen molar-refractivity contribution in [3.05, 3.63) is 12.7 Å². The molecule has 0 spiro atoms. The van der Waals surface area contributed by atoms with Gasteiger partial charge in [-0.15, -0.1) is 0 Å². The molecule has 2 aromatic rings. The van der Waals surface area contributed by atoms with E-state index in [1.54, 1.807) is 11.0 Å². The molecule has 3 rings (SSSR count). The van der Waals surface area contributed by atoms with E-state index < -0.39 is 0 Å². The fraction of sp³-hybridized carbons (Fsp3) is 0.615. The van der Waals surface area contributed by atoms with Crippen LogP contribution < -0.4 is 10.2 Å². The van der Waals surface area contributed by atoms with Gasteiger partial charge in [-0.3, -0.25) is 0 Å². The van der Waals surface area contributed by atoms with Crippen LogP contribution in [0.15, 0.2) is 12.7 Å². The second-order valence-corrected chi connectivity index (χ2v) is 5.32. The molecule has 1 saturated heterocycles. The Morgan fingerprint density at radius 2 is 2.14 bits per heavy atom. The predicted octanol–water partition coefficient (Wildman–Crippen LogP) is 1.12. The molecule has 0 bridgehead atoms. The molecule has 0 saturated carbocycles. The molecule has 3 heterocycles. The van der Waals surface area contributed by atoms with Crippen LogP contribution in [0.1, 0.15) is 26.7 Å². The van der Waals surface area contributed by atoms with E-state index in [1.165, 1.54) is 19.2 Å². The Labute approximate surface area is 123 Å². The number of hydrogen-bond donors (Lipinski definition) is 1. The molecule has 0 amide bonds. The molecule has 8 heteroatoms. The minimum Gasteiger partial charge on any atom is -0.354 e. The molecule has 0 radical (unpaired) electrons. The van der Waals surface area contributed by atoms with Crippen LogP contribution in [0.25, 0.3) is 5.95 Å². The molecule has 1 aliphatic rings. The van der Waals surface area contributed by atoms with E-state index in [2.05, 4.69) is 42.2 Å². The van der Waals surface area contributed by atoms with E-state index >= 15 is 0 Å². The molecular weight excluding hydrogens is 268 g/mol. The van der Waals surface area contributed by atoms with Gasteiger partial charge in [0, 0.05) is 19.6 Å². The van der Waals surface area contributed by atoms with Gasteiger partial charge in [-0.25, -0.2) is 4.98 Å². The highest BCUT2D eigenvalue weighted by Gasteiger charge is 2.20. The van der Waals surface area contributed by atoms with Gasteiger partial charge >= 0.3 is 0 Å². The maximum atomic E-state index is 4.54. The fourth-order valence-electron chi connectivity index (χ4n) is 2.52. The molecule has 1 unspecified atom stereocenters. The summed E-state index contributed by atoms with van der Waals surface area (Å²) in [5.41, 5.74) is 0. The first-order chi connectivity index (χ1) is 10.3. The van der Waals surface area contributed by atoms with Gasteiger partial charge in [0.15, 0.2) is 0 Å². The van der Waals surface area contributed by atoms with E-state index in [0.29, 0.717) is 23.8 Å². The average Bonchev–Trinajstić information content (AvgIpc) is 3.01. The van der Waals surface area contributed by atoms with Crippen LogP contribution in [-0.2, 0) is 0 Å². The van der Waals surface area contributed by atoms with Gasteiger partial charge in [-0.1, -0.05) is 6.92 Å². The minimum atomic E-state index is 0.492. The molecule has 112 valence electrons. The van der Waals surface area contributed by atoms with Crippen LogP contribution in [-0.4, -0.2) is 49.4 Å². The van der Waals surface area contributed by atoms with Crippen LogP contribution >= 0.6 is 0 Å². The Kier molecular flexibility index (Phi) is 3.94. The second-order valence-electron chi connectivity index (χ2n) is 5.32. The van der Waals surface area contributed by atoms with Crippen molar-refractivity contribution in [1.82, 2.24) is 29.7 Å². The Morgan fingerprint density at radius 3 is 2.86 bits per heavy atom. The van der Waals surface area contributed by atoms with Gasteiger partial charge in [-0.05, 0) is 25.7 Å². The third-order valence-corrected chi connectivity index (χ3v) is 3.51. The zero-order chi connectivity index (χ0) is 14.7. The zero-order valence-corrected chi connectivity index (χ0v) is 12.4. The Hall–Kier alpha value is -2.25. The molecule has 1 N–H and O–H groups in total. The fourth-order valence-corrected chi connectivity index (χ4v) is 2.52. The summed E-state index contributed by atoms with van der Waals surface area (Å²) in [5, 5.41) is 7.25. The van der Waals surface area contributed by atoms with Crippen molar-refractivity contribution in [3.8, 4) is 5.95 Å². The number of anilines is 2. The summed E-state index contributed by atoms with van der Waals surface area (Å²) >= 11 is 0. The van der Waals surface area contributed by atoms with E-state index in [9.17, 15) is 0 Å². The lowest BCUT2D eigenvalue weighted by molar-refractivity contribution is 0.441. The number of hydrogen-bond acceptors (Lipinski definition) is 7. The normalized spacial score (nSPS) is 18.8. The lowest BCUT2D eigenvalue weighted by atomic mass is 10.0. The molecule has 1 fully saturated rings. The highest BCUT2D eigenvalue weighted by Crippen LogP contribution is 2.21. The van der Waals surface area contributed by atoms with Crippen molar-refractivity contribution in [2.75, 3.05) is 29.9 Å². The SMILES string of the molecule is CCNc1nc(N2CCCC(C)C2)nc(-n2cncn2)n1. The highest BCUT2D eigenvalue weighted by molar-refractivity contribution is 5.40. The van der Waals surface area contributed by atoms with E-state index in [1.807, 2.05) is 6.92 Å². The maximum absolute atomic E-state index is 4.54. The Balaban J connectivity index is 1.95. The quantitative estimate of drug-likeness (QED) is 0.902. The standard InChI is InChI=1S/C13H20N8/c1-3-15-11-17-12(20-6-4-5-10(2)7-20)19-13(18-11)21-9-14-8-16-21/h8-10H,3-7H2,1-2H3,(H,15,17,18,19). The van der Waals surface area contributed by atoms with E-state index in [4.69, 9.17) is 0 Å². The molecule has 2 aromatic heterocycles. The molecule has 0 aromatic carbocycles. The topological polar surface area (TPSA) is 84.7 Å². The third-order valence-electron chi connectivity index (χ3n) is 3.51. The number of piperidine rings is 1. The summed E-state index contributed by atoms with van der Waals surface area (Å²) in [6.07, 6.45) is 5.49. The van der Waals surface area contributed by atoms with Gasteiger partial charge in [0.05, 0.1) is 0 Å². The van der Waals surface area contributed by atoms with Crippen molar-refractivity contribution < 1.29 is 0 Å². The molecular formula is C13H20N8. The van der Waals surface area contributed by atoms with Gasteiger partial charge in [-0.2, -0.15) is 24.7 Å². The van der Waals surface area contributed by atoms with Gasteiger partial charge in [0.2, 0.25) is 11.9 Å². The molecule has 0 aliphatic carbocycles. The van der Waals surface area contributed by atoms with Gasteiger partial charge in [0.25, 0.3) is 5.95 Å². The van der Waals surface area contributed by atoms with Crippen LogP contribution in [0.2, 0.25) is 0 Å². The molecule has 1 atom stereocenters. The lowest BCUT2D eigenvalue weighted by Gasteiger charge is -2.31. The molecule has 1 aliphatic heterocycles. The van der Waals surface area contributed by atoms with Crippen molar-refractivity contribution in [1.29, 1.82) is 0 Å². The average molecular weight is 288 g/mol. The summed E-state index contributed by atoms with van der Waals surface area (Å²) in [6.45, 7) is 7.00. The summed E-state index contributed by atoms with van der Waals surface area (Å²) in [7, 11) is 0. The van der Waals surface area contributed by atoms with Crippen molar-refractivity contribution in [2.45, 2.75) is 26.7 Å². The van der Waals surface area contributed by atoms with Gasteiger partial charge in [0.1, 0.15) is 12.7 Å². The van der Waals surface area contributed by atoms with Crippen LogP contribution in [0.3, 0.4) is 0 Å². The number of rotatable bonds is 4. The Bertz CT molecular complexity index is 582. The first-order valence-electron chi connectivity index (χ1n) is 7.36. The molecule has 21 heavy (non-hydrogen) atoms. The first-order valence-corrected chi connectivity index (χ1v) is 7.36.